The molecule has 0 bridgehead atoms. The lowest BCUT2D eigenvalue weighted by molar-refractivity contribution is -0.166. The van der Waals surface area contributed by atoms with Gasteiger partial charge in [0.1, 0.15) is 0 Å². The number of benzene rings is 1. The van der Waals surface area contributed by atoms with Gasteiger partial charge in [-0.1, -0.05) is 30.3 Å². The minimum absolute atomic E-state index is 0.493. The Hall–Kier alpha value is -1.92. The van der Waals surface area contributed by atoms with E-state index in [1.54, 1.807) is 24.3 Å². The van der Waals surface area contributed by atoms with Gasteiger partial charge in [-0.15, -0.1) is 0 Å². The molecule has 0 spiro atoms. The molecular formula is C12H14N2O4. The van der Waals surface area contributed by atoms with E-state index in [0.29, 0.717) is 5.56 Å². The van der Waals surface area contributed by atoms with Crippen molar-refractivity contribution in [2.24, 2.45) is 0 Å². The highest BCUT2D eigenvalue weighted by Crippen LogP contribution is 2.30. The van der Waals surface area contributed by atoms with Gasteiger partial charge in [-0.2, -0.15) is 0 Å². The van der Waals surface area contributed by atoms with Crippen molar-refractivity contribution in [1.82, 2.24) is 10.6 Å². The number of ether oxygens (including phenoxy) is 2. The Labute approximate surface area is 104 Å². The zero-order valence-electron chi connectivity index (χ0n) is 10.1. The summed E-state index contributed by atoms with van der Waals surface area (Å²) in [7, 11) is 2.83. The number of methoxy groups -OCH3 is 2. The highest BCUT2D eigenvalue weighted by molar-refractivity contribution is 6.07. The number of carbonyl (C=O) groups is 2. The van der Waals surface area contributed by atoms with Gasteiger partial charge in [0.05, 0.1) is 0 Å². The van der Waals surface area contributed by atoms with Gasteiger partial charge in [0.25, 0.3) is 5.91 Å². The quantitative estimate of drug-likeness (QED) is 0.597. The molecule has 0 aromatic heterocycles. The molecule has 3 amide bonds. The van der Waals surface area contributed by atoms with Crippen LogP contribution in [0.5, 0.6) is 0 Å². The minimum atomic E-state index is -1.36. The highest BCUT2D eigenvalue weighted by atomic mass is 16.7. The monoisotopic (exact) mass is 250 g/mol. The molecule has 18 heavy (non-hydrogen) atoms. The number of imide groups is 1. The molecule has 6 heteroatoms. The van der Waals surface area contributed by atoms with E-state index in [9.17, 15) is 9.59 Å². The van der Waals surface area contributed by atoms with E-state index in [4.69, 9.17) is 9.47 Å². The van der Waals surface area contributed by atoms with E-state index in [2.05, 4.69) is 10.6 Å². The SMILES string of the molecule is COC(OC)[C@@]1(c2ccccc2)NC(=O)NC1=O. The first-order chi connectivity index (χ1) is 8.65. The van der Waals surface area contributed by atoms with Crippen molar-refractivity contribution < 1.29 is 19.1 Å². The van der Waals surface area contributed by atoms with Crippen molar-refractivity contribution in [2.75, 3.05) is 14.2 Å². The summed E-state index contributed by atoms with van der Waals surface area (Å²) < 4.78 is 10.3. The fourth-order valence-electron chi connectivity index (χ4n) is 2.12. The number of hydrogen-bond acceptors (Lipinski definition) is 4. The molecule has 6 nitrogen and oxygen atoms in total. The second-order valence-electron chi connectivity index (χ2n) is 3.89. The lowest BCUT2D eigenvalue weighted by Gasteiger charge is -2.32. The maximum atomic E-state index is 12.1. The molecule has 96 valence electrons. The van der Waals surface area contributed by atoms with E-state index in [-0.39, 0.29) is 0 Å². The maximum absolute atomic E-state index is 12.1. The minimum Gasteiger partial charge on any atom is -0.353 e. The van der Waals surface area contributed by atoms with Crippen LogP contribution in [0.2, 0.25) is 0 Å². The lowest BCUT2D eigenvalue weighted by atomic mass is 9.89. The van der Waals surface area contributed by atoms with Crippen molar-refractivity contribution in [3.8, 4) is 0 Å². The van der Waals surface area contributed by atoms with Crippen LogP contribution >= 0.6 is 0 Å². The Bertz CT molecular complexity index is 458. The molecule has 1 fully saturated rings. The molecule has 1 aromatic rings. The average molecular weight is 250 g/mol. The molecule has 2 N–H and O–H groups in total. The molecule has 1 saturated heterocycles. The summed E-state index contributed by atoms with van der Waals surface area (Å²) in [6.45, 7) is 0. The van der Waals surface area contributed by atoms with E-state index in [1.165, 1.54) is 14.2 Å². The third kappa shape index (κ3) is 1.75. The molecule has 0 saturated carbocycles. The van der Waals surface area contributed by atoms with Crippen LogP contribution in [0.4, 0.5) is 4.79 Å². The first-order valence-electron chi connectivity index (χ1n) is 5.40. The predicted octanol–water partition coefficient (Wildman–Crippen LogP) is 0.340. The van der Waals surface area contributed by atoms with Crippen molar-refractivity contribution in [3.63, 3.8) is 0 Å². The van der Waals surface area contributed by atoms with Crippen molar-refractivity contribution in [3.05, 3.63) is 35.9 Å². The molecule has 1 aliphatic rings. The number of urea groups is 1. The zero-order chi connectivity index (χ0) is 13.2. The number of rotatable bonds is 4. The van der Waals surface area contributed by atoms with Crippen LogP contribution in [-0.2, 0) is 19.8 Å². The molecule has 1 aliphatic heterocycles. The van der Waals surface area contributed by atoms with Gasteiger partial charge in [-0.3, -0.25) is 10.1 Å². The van der Waals surface area contributed by atoms with Crippen molar-refractivity contribution in [1.29, 1.82) is 0 Å². The van der Waals surface area contributed by atoms with Crippen molar-refractivity contribution >= 4 is 11.9 Å². The highest BCUT2D eigenvalue weighted by Gasteiger charge is 2.54. The molecule has 0 unspecified atom stereocenters. The van der Waals surface area contributed by atoms with Crippen molar-refractivity contribution in [2.45, 2.75) is 11.8 Å². The first-order valence-corrected chi connectivity index (χ1v) is 5.40. The van der Waals surface area contributed by atoms with Crippen LogP contribution in [0, 0.1) is 0 Å². The van der Waals surface area contributed by atoms with Gasteiger partial charge < -0.3 is 14.8 Å². The standard InChI is InChI=1S/C12H14N2O4/c1-17-10(18-2)12(8-6-4-3-5-7-8)9(15)13-11(16)14-12/h3-7,10H,1-2H3,(H2,13,14,15,16)/t12-/m0/s1. The predicted molar refractivity (Wildman–Crippen MR) is 62.6 cm³/mol. The fraction of sp³-hybridized carbons (Fsp3) is 0.333. The number of carbonyl (C=O) groups excluding carboxylic acids is 2. The maximum Gasteiger partial charge on any atom is 0.322 e. The molecular weight excluding hydrogens is 236 g/mol. The van der Waals surface area contributed by atoms with E-state index >= 15 is 0 Å². The van der Waals surface area contributed by atoms with E-state index < -0.39 is 23.8 Å². The molecule has 1 atom stereocenters. The Morgan fingerprint density at radius 3 is 2.17 bits per heavy atom. The number of amides is 3. The molecule has 0 aliphatic carbocycles. The Morgan fingerprint density at radius 1 is 1.11 bits per heavy atom. The Balaban J connectivity index is 2.54. The molecule has 0 radical (unpaired) electrons. The van der Waals surface area contributed by atoms with Gasteiger partial charge in [0, 0.05) is 14.2 Å². The normalized spacial score (nSPS) is 23.1. The van der Waals surface area contributed by atoms with Gasteiger partial charge >= 0.3 is 6.03 Å². The Kier molecular flexibility index (Phi) is 3.31. The van der Waals surface area contributed by atoms with Crippen LogP contribution < -0.4 is 10.6 Å². The smallest absolute Gasteiger partial charge is 0.322 e. The first kappa shape index (κ1) is 12.5. The topological polar surface area (TPSA) is 76.7 Å². The van der Waals surface area contributed by atoms with Crippen LogP contribution in [0.25, 0.3) is 0 Å². The third-order valence-electron chi connectivity index (χ3n) is 2.91. The Morgan fingerprint density at radius 2 is 1.72 bits per heavy atom. The second kappa shape index (κ2) is 4.75. The van der Waals surface area contributed by atoms with Crippen LogP contribution in [0.15, 0.2) is 30.3 Å². The summed E-state index contributed by atoms with van der Waals surface area (Å²) in [5.74, 6) is -0.493. The molecule has 1 aromatic carbocycles. The van der Waals surface area contributed by atoms with E-state index in [0.717, 1.165) is 0 Å². The van der Waals surface area contributed by atoms with E-state index in [1.807, 2.05) is 6.07 Å². The number of hydrogen-bond donors (Lipinski definition) is 2. The largest absolute Gasteiger partial charge is 0.353 e. The third-order valence-corrected chi connectivity index (χ3v) is 2.91. The molecule has 2 rings (SSSR count). The summed E-state index contributed by atoms with van der Waals surface area (Å²) in [4.78, 5) is 23.5. The second-order valence-corrected chi connectivity index (χ2v) is 3.89. The van der Waals surface area contributed by atoms with Crippen LogP contribution in [-0.4, -0.2) is 32.4 Å². The van der Waals surface area contributed by atoms with Crippen LogP contribution in [0.1, 0.15) is 5.56 Å². The van der Waals surface area contributed by atoms with Gasteiger partial charge in [-0.25, -0.2) is 4.79 Å². The summed E-state index contributed by atoms with van der Waals surface area (Å²) in [6, 6.07) is 8.27. The summed E-state index contributed by atoms with van der Waals surface area (Å²) in [5.41, 5.74) is -0.760. The molecule has 1 heterocycles. The summed E-state index contributed by atoms with van der Waals surface area (Å²) in [6.07, 6.45) is -0.911. The summed E-state index contributed by atoms with van der Waals surface area (Å²) >= 11 is 0. The number of nitrogens with one attached hydrogen (secondary N) is 2. The average Bonchev–Trinajstić information content (AvgIpc) is 2.68. The fourth-order valence-corrected chi connectivity index (χ4v) is 2.12. The van der Waals surface area contributed by atoms with Gasteiger partial charge in [0.2, 0.25) is 0 Å². The summed E-state index contributed by atoms with van der Waals surface area (Å²) in [5, 5.41) is 4.79. The van der Waals surface area contributed by atoms with Gasteiger partial charge in [-0.05, 0) is 5.56 Å². The van der Waals surface area contributed by atoms with Gasteiger partial charge in [0.15, 0.2) is 11.8 Å². The zero-order valence-corrected chi connectivity index (χ0v) is 10.1. The van der Waals surface area contributed by atoms with Crippen LogP contribution in [0.3, 0.4) is 0 Å². The lowest BCUT2D eigenvalue weighted by Crippen LogP contribution is -2.54.